The minimum absolute atomic E-state index is 0.0927. The van der Waals surface area contributed by atoms with Crippen LogP contribution in [0.15, 0.2) is 10.9 Å². The van der Waals surface area contributed by atoms with Crippen molar-refractivity contribution in [3.63, 3.8) is 0 Å². The molecule has 2 N–H and O–H groups in total. The van der Waals surface area contributed by atoms with E-state index in [2.05, 4.69) is 9.97 Å². The number of nitrogens with zero attached hydrogens (tertiary/aromatic N) is 2. The lowest BCUT2D eigenvalue weighted by atomic mass is 10.2. The lowest BCUT2D eigenvalue weighted by Gasteiger charge is -2.33. The van der Waals surface area contributed by atoms with E-state index in [1.807, 2.05) is 13.8 Å². The Balaban J connectivity index is 2.38. The van der Waals surface area contributed by atoms with E-state index in [1.165, 1.54) is 6.07 Å². The molecule has 1 unspecified atom stereocenters. The quantitative estimate of drug-likeness (QED) is 0.857. The van der Waals surface area contributed by atoms with Gasteiger partial charge in [0.2, 0.25) is 0 Å². The van der Waals surface area contributed by atoms with Crippen LogP contribution in [0.4, 0.5) is 5.82 Å². The molecule has 2 heterocycles. The standard InChI is InChI=1S/C12H17N3O3S/c1-7(2)11-13-9(5-10(16)14-11)15-3-4-19-6-8(15)12(17)18/h5,7-8H,3-4,6H2,1-2H3,(H,17,18)(H,13,14,16). The van der Waals surface area contributed by atoms with E-state index in [-0.39, 0.29) is 11.5 Å². The summed E-state index contributed by atoms with van der Waals surface area (Å²) in [4.78, 5) is 31.7. The number of aromatic amines is 1. The lowest BCUT2D eigenvalue weighted by Crippen LogP contribution is -2.48. The highest BCUT2D eigenvalue weighted by atomic mass is 32.2. The number of hydrogen-bond acceptors (Lipinski definition) is 5. The van der Waals surface area contributed by atoms with E-state index < -0.39 is 12.0 Å². The number of carbonyl (C=O) groups is 1. The highest BCUT2D eigenvalue weighted by Gasteiger charge is 2.30. The summed E-state index contributed by atoms with van der Waals surface area (Å²) in [7, 11) is 0. The SMILES string of the molecule is CC(C)c1nc(N2CCSCC2C(=O)O)cc(=O)[nH]1. The summed E-state index contributed by atoms with van der Waals surface area (Å²) in [6.07, 6.45) is 0. The minimum Gasteiger partial charge on any atom is -0.480 e. The Bertz CT molecular complexity index is 529. The second-order valence-electron chi connectivity index (χ2n) is 4.77. The first-order valence-electron chi connectivity index (χ1n) is 6.17. The molecule has 0 bridgehead atoms. The third-order valence-electron chi connectivity index (χ3n) is 3.00. The number of carboxylic acid groups (broad SMARTS) is 1. The number of carboxylic acids is 1. The minimum atomic E-state index is -0.875. The molecule has 1 aliphatic heterocycles. The maximum absolute atomic E-state index is 11.7. The zero-order valence-electron chi connectivity index (χ0n) is 10.9. The number of aromatic nitrogens is 2. The molecule has 0 amide bonds. The molecule has 19 heavy (non-hydrogen) atoms. The fraction of sp³-hybridized carbons (Fsp3) is 0.583. The average Bonchev–Trinajstić information content (AvgIpc) is 2.37. The maximum Gasteiger partial charge on any atom is 0.327 e. The molecule has 1 aromatic heterocycles. The molecule has 0 radical (unpaired) electrons. The van der Waals surface area contributed by atoms with Crippen LogP contribution < -0.4 is 10.5 Å². The monoisotopic (exact) mass is 283 g/mol. The Labute approximate surface area is 115 Å². The van der Waals surface area contributed by atoms with Gasteiger partial charge in [0, 0.05) is 30.0 Å². The van der Waals surface area contributed by atoms with Gasteiger partial charge in [-0.05, 0) is 0 Å². The molecule has 0 saturated carbocycles. The zero-order chi connectivity index (χ0) is 14.0. The first kappa shape index (κ1) is 13.9. The van der Waals surface area contributed by atoms with Crippen molar-refractivity contribution in [3.8, 4) is 0 Å². The van der Waals surface area contributed by atoms with Crippen molar-refractivity contribution in [1.29, 1.82) is 0 Å². The molecule has 2 rings (SSSR count). The van der Waals surface area contributed by atoms with Crippen LogP contribution >= 0.6 is 11.8 Å². The Morgan fingerprint density at radius 3 is 3.00 bits per heavy atom. The summed E-state index contributed by atoms with van der Waals surface area (Å²) in [5.74, 6) is 1.62. The predicted octanol–water partition coefficient (Wildman–Crippen LogP) is 0.900. The van der Waals surface area contributed by atoms with Crippen molar-refractivity contribution < 1.29 is 9.90 Å². The normalized spacial score (nSPS) is 19.7. The third kappa shape index (κ3) is 3.09. The van der Waals surface area contributed by atoms with Gasteiger partial charge in [-0.2, -0.15) is 11.8 Å². The summed E-state index contributed by atoms with van der Waals surface area (Å²) >= 11 is 1.61. The zero-order valence-corrected chi connectivity index (χ0v) is 11.7. The van der Waals surface area contributed by atoms with Gasteiger partial charge in [-0.1, -0.05) is 13.8 Å². The number of nitrogens with one attached hydrogen (secondary N) is 1. The summed E-state index contributed by atoms with van der Waals surface area (Å²) < 4.78 is 0. The van der Waals surface area contributed by atoms with Crippen LogP contribution in [0.3, 0.4) is 0 Å². The maximum atomic E-state index is 11.7. The van der Waals surface area contributed by atoms with Crippen LogP contribution in [0.5, 0.6) is 0 Å². The van der Waals surface area contributed by atoms with Gasteiger partial charge in [-0.3, -0.25) is 4.79 Å². The number of rotatable bonds is 3. The van der Waals surface area contributed by atoms with Gasteiger partial charge in [0.1, 0.15) is 17.7 Å². The van der Waals surface area contributed by atoms with Crippen molar-refractivity contribution in [1.82, 2.24) is 9.97 Å². The Morgan fingerprint density at radius 1 is 1.63 bits per heavy atom. The van der Waals surface area contributed by atoms with E-state index in [0.29, 0.717) is 23.9 Å². The second kappa shape index (κ2) is 5.64. The first-order chi connectivity index (χ1) is 8.99. The molecule has 1 atom stereocenters. The Hall–Kier alpha value is -1.50. The topological polar surface area (TPSA) is 86.3 Å². The van der Waals surface area contributed by atoms with Crippen molar-refractivity contribution in [2.45, 2.75) is 25.8 Å². The van der Waals surface area contributed by atoms with Crippen LogP contribution in [-0.2, 0) is 4.79 Å². The Morgan fingerprint density at radius 2 is 2.37 bits per heavy atom. The van der Waals surface area contributed by atoms with Crippen molar-refractivity contribution >= 4 is 23.5 Å². The van der Waals surface area contributed by atoms with Crippen molar-refractivity contribution in [3.05, 3.63) is 22.2 Å². The lowest BCUT2D eigenvalue weighted by molar-refractivity contribution is -0.138. The number of aliphatic carboxylic acids is 1. The van der Waals surface area contributed by atoms with E-state index in [1.54, 1.807) is 16.7 Å². The molecule has 1 aromatic rings. The van der Waals surface area contributed by atoms with Gasteiger partial charge in [-0.25, -0.2) is 9.78 Å². The number of hydrogen-bond donors (Lipinski definition) is 2. The molecule has 7 heteroatoms. The van der Waals surface area contributed by atoms with Crippen LogP contribution in [-0.4, -0.2) is 45.1 Å². The Kier molecular flexibility index (Phi) is 4.14. The van der Waals surface area contributed by atoms with Gasteiger partial charge in [-0.15, -0.1) is 0 Å². The van der Waals surface area contributed by atoms with Crippen molar-refractivity contribution in [2.24, 2.45) is 0 Å². The van der Waals surface area contributed by atoms with Crippen LogP contribution in [0.2, 0.25) is 0 Å². The summed E-state index contributed by atoms with van der Waals surface area (Å²) in [6, 6.07) is 0.755. The average molecular weight is 283 g/mol. The molecule has 0 aromatic carbocycles. The number of thioether (sulfide) groups is 1. The van der Waals surface area contributed by atoms with Gasteiger partial charge < -0.3 is 15.0 Å². The summed E-state index contributed by atoms with van der Waals surface area (Å²) in [5, 5.41) is 9.25. The highest BCUT2D eigenvalue weighted by Crippen LogP contribution is 2.22. The van der Waals surface area contributed by atoms with Crippen LogP contribution in [0.1, 0.15) is 25.6 Å². The molecule has 1 aliphatic rings. The third-order valence-corrected chi connectivity index (χ3v) is 4.02. The summed E-state index contributed by atoms with van der Waals surface area (Å²) in [6.45, 7) is 4.46. The van der Waals surface area contributed by atoms with Crippen LogP contribution in [0.25, 0.3) is 0 Å². The number of H-pyrrole nitrogens is 1. The first-order valence-corrected chi connectivity index (χ1v) is 7.33. The largest absolute Gasteiger partial charge is 0.480 e. The molecule has 1 saturated heterocycles. The molecule has 0 spiro atoms. The summed E-state index contributed by atoms with van der Waals surface area (Å²) in [5.41, 5.74) is -0.240. The van der Waals surface area contributed by atoms with E-state index >= 15 is 0 Å². The molecular weight excluding hydrogens is 266 g/mol. The molecule has 104 valence electrons. The second-order valence-corrected chi connectivity index (χ2v) is 5.92. The van der Waals surface area contributed by atoms with Crippen molar-refractivity contribution in [2.75, 3.05) is 23.0 Å². The molecule has 6 nitrogen and oxygen atoms in total. The smallest absolute Gasteiger partial charge is 0.327 e. The van der Waals surface area contributed by atoms with Gasteiger partial charge in [0.15, 0.2) is 0 Å². The van der Waals surface area contributed by atoms with Crippen LogP contribution in [0, 0.1) is 0 Å². The van der Waals surface area contributed by atoms with Gasteiger partial charge >= 0.3 is 5.97 Å². The molecule has 0 aliphatic carbocycles. The van der Waals surface area contributed by atoms with E-state index in [0.717, 1.165) is 5.75 Å². The van der Waals surface area contributed by atoms with E-state index in [9.17, 15) is 14.7 Å². The fourth-order valence-electron chi connectivity index (χ4n) is 1.97. The number of anilines is 1. The van der Waals surface area contributed by atoms with Gasteiger partial charge in [0.25, 0.3) is 5.56 Å². The fourth-order valence-corrected chi connectivity index (χ4v) is 3.00. The van der Waals surface area contributed by atoms with Gasteiger partial charge in [0.05, 0.1) is 0 Å². The molecular formula is C12H17N3O3S. The highest BCUT2D eigenvalue weighted by molar-refractivity contribution is 7.99. The van der Waals surface area contributed by atoms with E-state index in [4.69, 9.17) is 0 Å². The predicted molar refractivity (Wildman–Crippen MR) is 75.0 cm³/mol. The molecule has 1 fully saturated rings.